The van der Waals surface area contributed by atoms with Crippen LogP contribution in [0.5, 0.6) is 5.75 Å². The number of carbonyl (C=O) groups excluding carboxylic acids is 2. The van der Waals surface area contributed by atoms with Gasteiger partial charge < -0.3 is 10.1 Å². The van der Waals surface area contributed by atoms with E-state index in [1.807, 2.05) is 43.3 Å². The number of hydrogen-bond acceptors (Lipinski definition) is 5. The number of nitro groups is 1. The van der Waals surface area contributed by atoms with Crippen LogP contribution in [-0.2, 0) is 17.9 Å². The number of nitrogens with zero attached hydrogens (tertiary/aromatic N) is 2. The van der Waals surface area contributed by atoms with Crippen LogP contribution in [0.1, 0.15) is 22.3 Å². The molecule has 1 saturated heterocycles. The zero-order valence-electron chi connectivity index (χ0n) is 18.5. The molecule has 3 amide bonds. The number of rotatable bonds is 7. The molecule has 35 heavy (non-hydrogen) atoms. The van der Waals surface area contributed by atoms with Crippen molar-refractivity contribution in [3.8, 4) is 5.75 Å². The number of ether oxygens (including phenoxy) is 1. The molecule has 3 aromatic carbocycles. The van der Waals surface area contributed by atoms with Crippen LogP contribution in [0.3, 0.4) is 0 Å². The average molecular weight is 695 g/mol. The van der Waals surface area contributed by atoms with Crippen molar-refractivity contribution in [2.75, 3.05) is 0 Å². The lowest BCUT2D eigenvalue weighted by atomic mass is 10.1. The zero-order chi connectivity index (χ0) is 25.1. The molecule has 1 aliphatic rings. The Kier molecular flexibility index (Phi) is 7.69. The first-order valence-electron chi connectivity index (χ1n) is 10.5. The van der Waals surface area contributed by atoms with Gasteiger partial charge in [0.1, 0.15) is 18.1 Å². The highest BCUT2D eigenvalue weighted by Gasteiger charge is 2.33. The van der Waals surface area contributed by atoms with Crippen molar-refractivity contribution in [2.24, 2.45) is 0 Å². The Morgan fingerprint density at radius 2 is 1.71 bits per heavy atom. The van der Waals surface area contributed by atoms with E-state index in [0.29, 0.717) is 11.3 Å². The summed E-state index contributed by atoms with van der Waals surface area (Å²) in [5.41, 5.74) is 3.58. The van der Waals surface area contributed by atoms with Gasteiger partial charge in [-0.2, -0.15) is 0 Å². The van der Waals surface area contributed by atoms with Gasteiger partial charge in [0.15, 0.2) is 0 Å². The number of hydrogen-bond donors (Lipinski definition) is 1. The maximum atomic E-state index is 12.9. The fourth-order valence-corrected chi connectivity index (χ4v) is 5.72. The maximum Gasteiger partial charge on any atom is 0.329 e. The minimum atomic E-state index is -0.455. The molecule has 0 bridgehead atoms. The number of urea groups is 1. The number of carbonyl (C=O) groups is 2. The van der Waals surface area contributed by atoms with Crippen LogP contribution >= 0.6 is 45.2 Å². The van der Waals surface area contributed by atoms with Gasteiger partial charge in [-0.15, -0.1) is 0 Å². The van der Waals surface area contributed by atoms with Gasteiger partial charge >= 0.3 is 6.03 Å². The normalized spacial score (nSPS) is 14.4. The lowest BCUT2D eigenvalue weighted by Crippen LogP contribution is -2.30. The van der Waals surface area contributed by atoms with Crippen LogP contribution in [0, 0.1) is 24.2 Å². The molecular weight excluding hydrogens is 676 g/mol. The summed E-state index contributed by atoms with van der Waals surface area (Å²) in [7, 11) is 0. The van der Waals surface area contributed by atoms with E-state index in [4.69, 9.17) is 4.74 Å². The number of nitrogens with one attached hydrogen (secondary N) is 1. The number of imide groups is 1. The van der Waals surface area contributed by atoms with Gasteiger partial charge in [-0.05, 0) is 87.0 Å². The Morgan fingerprint density at radius 3 is 2.40 bits per heavy atom. The van der Waals surface area contributed by atoms with Crippen LogP contribution < -0.4 is 10.1 Å². The van der Waals surface area contributed by atoms with Crippen LogP contribution in [0.25, 0.3) is 6.08 Å². The SMILES string of the molecule is Cc1cccc(CN2C(=O)N/C(=C/c3cc(I)c(OCc4cccc([N+](=O)[O-])c4)c(I)c3)C2=O)c1. The third-order valence-corrected chi connectivity index (χ3v) is 6.82. The third-order valence-electron chi connectivity index (χ3n) is 5.22. The van der Waals surface area contributed by atoms with E-state index in [-0.39, 0.29) is 30.4 Å². The van der Waals surface area contributed by atoms with Gasteiger partial charge in [0.25, 0.3) is 11.6 Å². The predicted molar refractivity (Wildman–Crippen MR) is 148 cm³/mol. The molecule has 10 heteroatoms. The summed E-state index contributed by atoms with van der Waals surface area (Å²) in [5, 5.41) is 13.6. The van der Waals surface area contributed by atoms with Gasteiger partial charge in [-0.25, -0.2) is 4.79 Å². The molecule has 3 aromatic rings. The molecule has 0 unspecified atom stereocenters. The van der Waals surface area contributed by atoms with E-state index in [2.05, 4.69) is 50.5 Å². The summed E-state index contributed by atoms with van der Waals surface area (Å²) < 4.78 is 7.55. The molecule has 4 rings (SSSR count). The molecular formula is C25H19I2N3O5. The molecule has 1 aliphatic heterocycles. The van der Waals surface area contributed by atoms with Crippen LogP contribution in [0.4, 0.5) is 10.5 Å². The molecule has 0 spiro atoms. The number of benzene rings is 3. The number of non-ortho nitro benzene ring substituents is 1. The Bertz CT molecular complexity index is 1350. The summed E-state index contributed by atoms with van der Waals surface area (Å²) >= 11 is 4.28. The predicted octanol–water partition coefficient (Wildman–Crippen LogP) is 5.78. The van der Waals surface area contributed by atoms with Crippen molar-refractivity contribution in [1.82, 2.24) is 10.2 Å². The first-order chi connectivity index (χ1) is 16.7. The zero-order valence-corrected chi connectivity index (χ0v) is 22.8. The minimum absolute atomic E-state index is 0.0113. The second-order valence-corrected chi connectivity index (χ2v) is 10.2. The second kappa shape index (κ2) is 10.7. The highest BCUT2D eigenvalue weighted by atomic mass is 127. The van der Waals surface area contributed by atoms with Gasteiger partial charge in [0.2, 0.25) is 0 Å². The number of nitro benzene ring substituents is 1. The highest BCUT2D eigenvalue weighted by molar-refractivity contribution is 14.1. The lowest BCUT2D eigenvalue weighted by molar-refractivity contribution is -0.384. The molecule has 8 nitrogen and oxygen atoms in total. The number of amides is 3. The van der Waals surface area contributed by atoms with Crippen molar-refractivity contribution in [1.29, 1.82) is 0 Å². The molecule has 0 saturated carbocycles. The molecule has 1 fully saturated rings. The highest BCUT2D eigenvalue weighted by Crippen LogP contribution is 2.31. The largest absolute Gasteiger partial charge is 0.487 e. The molecule has 0 radical (unpaired) electrons. The summed E-state index contributed by atoms with van der Waals surface area (Å²) in [4.78, 5) is 37.1. The standard InChI is InChI=1S/C25H19I2N3O5/c1-15-4-2-5-16(8-15)13-29-24(31)22(28-25(29)32)12-18-10-20(26)23(21(27)11-18)35-14-17-6-3-7-19(9-17)30(33)34/h2-12H,13-14H2,1H3,(H,28,32)/b22-12+. The molecule has 0 aromatic heterocycles. The fraction of sp³-hybridized carbons (Fsp3) is 0.120. The van der Waals surface area contributed by atoms with E-state index < -0.39 is 11.0 Å². The quantitative estimate of drug-likeness (QED) is 0.111. The minimum Gasteiger partial charge on any atom is -0.487 e. The average Bonchev–Trinajstić information content (AvgIpc) is 3.06. The summed E-state index contributed by atoms with van der Waals surface area (Å²) in [6.45, 7) is 2.33. The van der Waals surface area contributed by atoms with Crippen molar-refractivity contribution in [2.45, 2.75) is 20.1 Å². The van der Waals surface area contributed by atoms with E-state index in [9.17, 15) is 19.7 Å². The second-order valence-electron chi connectivity index (χ2n) is 7.90. The van der Waals surface area contributed by atoms with Crippen LogP contribution in [0.15, 0.2) is 66.4 Å². The Labute approximate surface area is 228 Å². The Morgan fingerprint density at radius 1 is 1.03 bits per heavy atom. The smallest absolute Gasteiger partial charge is 0.329 e. The topological polar surface area (TPSA) is 102 Å². The summed E-state index contributed by atoms with van der Waals surface area (Å²) in [5.74, 6) is 0.259. The molecule has 1 heterocycles. The monoisotopic (exact) mass is 695 g/mol. The molecule has 178 valence electrons. The van der Waals surface area contributed by atoms with Gasteiger partial charge in [-0.3, -0.25) is 19.8 Å². The Hall–Kier alpha value is -3.00. The van der Waals surface area contributed by atoms with Crippen LogP contribution in [0.2, 0.25) is 0 Å². The van der Waals surface area contributed by atoms with Gasteiger partial charge in [0.05, 0.1) is 18.6 Å². The molecule has 0 atom stereocenters. The summed E-state index contributed by atoms with van der Waals surface area (Å²) in [6, 6.07) is 17.2. The van der Waals surface area contributed by atoms with E-state index in [1.54, 1.807) is 18.2 Å². The van der Waals surface area contributed by atoms with E-state index in [1.165, 1.54) is 17.0 Å². The van der Waals surface area contributed by atoms with E-state index >= 15 is 0 Å². The fourth-order valence-electron chi connectivity index (χ4n) is 3.59. The first kappa shape index (κ1) is 25.1. The first-order valence-corrected chi connectivity index (χ1v) is 12.6. The van der Waals surface area contributed by atoms with Crippen molar-refractivity contribution in [3.05, 3.63) is 106 Å². The molecule has 0 aliphatic carbocycles. The third kappa shape index (κ3) is 5.99. The van der Waals surface area contributed by atoms with Crippen molar-refractivity contribution >= 4 is 68.9 Å². The van der Waals surface area contributed by atoms with Crippen molar-refractivity contribution < 1.29 is 19.2 Å². The van der Waals surface area contributed by atoms with Gasteiger partial charge in [0, 0.05) is 12.1 Å². The Balaban J connectivity index is 1.49. The van der Waals surface area contributed by atoms with E-state index in [0.717, 1.165) is 23.8 Å². The van der Waals surface area contributed by atoms with Crippen molar-refractivity contribution in [3.63, 3.8) is 0 Å². The molecule has 1 N–H and O–H groups in total. The number of aryl methyl sites for hydroxylation is 1. The van der Waals surface area contributed by atoms with Gasteiger partial charge in [-0.1, -0.05) is 42.0 Å². The number of halogens is 2. The summed E-state index contributed by atoms with van der Waals surface area (Å²) in [6.07, 6.45) is 1.64. The maximum absolute atomic E-state index is 12.9. The lowest BCUT2D eigenvalue weighted by Gasteiger charge is -2.12. The van der Waals surface area contributed by atoms with Crippen LogP contribution in [-0.4, -0.2) is 21.8 Å².